The third kappa shape index (κ3) is 3.12. The maximum absolute atomic E-state index is 5.25. The van der Waals surface area contributed by atoms with E-state index in [0.29, 0.717) is 18.1 Å². The van der Waals surface area contributed by atoms with Crippen molar-refractivity contribution in [1.82, 2.24) is 5.32 Å². The highest BCUT2D eigenvalue weighted by atomic mass is 16.5. The van der Waals surface area contributed by atoms with Gasteiger partial charge in [0.1, 0.15) is 0 Å². The maximum Gasteiger partial charge on any atom is 0.0716 e. The van der Waals surface area contributed by atoms with E-state index in [1.165, 1.54) is 30.4 Å². The summed E-state index contributed by atoms with van der Waals surface area (Å²) in [6.07, 6.45) is 3.99. The van der Waals surface area contributed by atoms with E-state index >= 15 is 0 Å². The van der Waals surface area contributed by atoms with Gasteiger partial charge in [-0.3, -0.25) is 0 Å². The topological polar surface area (TPSA) is 21.3 Å². The van der Waals surface area contributed by atoms with E-state index in [1.54, 1.807) is 7.11 Å². The number of ether oxygens (including phenoxy) is 1. The minimum absolute atomic E-state index is 0.441. The Labute approximate surface area is 111 Å². The summed E-state index contributed by atoms with van der Waals surface area (Å²) in [6.45, 7) is 6.40. The smallest absolute Gasteiger partial charge is 0.0716 e. The van der Waals surface area contributed by atoms with Gasteiger partial charge in [0.15, 0.2) is 0 Å². The third-order valence-electron chi connectivity index (χ3n) is 4.21. The molecule has 0 heterocycles. The van der Waals surface area contributed by atoms with Crippen LogP contribution in [0.4, 0.5) is 0 Å². The van der Waals surface area contributed by atoms with Gasteiger partial charge < -0.3 is 10.1 Å². The lowest BCUT2D eigenvalue weighted by atomic mass is 9.87. The Morgan fingerprint density at radius 3 is 2.61 bits per heavy atom. The molecule has 1 aromatic rings. The molecule has 2 rings (SSSR count). The number of methoxy groups -OCH3 is 1. The van der Waals surface area contributed by atoms with E-state index in [0.717, 1.165) is 6.54 Å². The number of benzene rings is 1. The number of hydrogen-bond acceptors (Lipinski definition) is 2. The van der Waals surface area contributed by atoms with Crippen LogP contribution in [0.2, 0.25) is 0 Å². The molecule has 18 heavy (non-hydrogen) atoms. The molecule has 1 atom stereocenters. The van der Waals surface area contributed by atoms with Gasteiger partial charge in [0, 0.05) is 19.7 Å². The van der Waals surface area contributed by atoms with Crippen LogP contribution in [0.1, 0.15) is 44.2 Å². The van der Waals surface area contributed by atoms with Gasteiger partial charge >= 0.3 is 0 Å². The molecule has 2 heteroatoms. The summed E-state index contributed by atoms with van der Waals surface area (Å²) in [5.41, 5.74) is 3.10. The molecule has 0 radical (unpaired) electrons. The van der Waals surface area contributed by atoms with Crippen molar-refractivity contribution in [3.63, 3.8) is 0 Å². The molecule has 100 valence electrons. The third-order valence-corrected chi connectivity index (χ3v) is 4.21. The molecular formula is C16H25NO. The van der Waals surface area contributed by atoms with E-state index in [2.05, 4.69) is 43.4 Å². The zero-order chi connectivity index (χ0) is 13.0. The van der Waals surface area contributed by atoms with E-state index in [4.69, 9.17) is 4.74 Å². The molecule has 0 bridgehead atoms. The van der Waals surface area contributed by atoms with Gasteiger partial charge in [-0.25, -0.2) is 0 Å². The number of hydrogen-bond donors (Lipinski definition) is 1. The predicted octanol–water partition coefficient (Wildman–Crippen LogP) is 3.50. The standard InChI is InChI=1S/C16H25NO/c1-16(2)10-6-9-15(16)17-11-13-7-4-5-8-14(13)12-18-3/h4-5,7-8,15,17H,6,9-12H2,1-3H3. The van der Waals surface area contributed by atoms with Crippen molar-refractivity contribution in [2.24, 2.45) is 5.41 Å². The minimum Gasteiger partial charge on any atom is -0.380 e. The van der Waals surface area contributed by atoms with Crippen molar-refractivity contribution in [3.05, 3.63) is 35.4 Å². The average molecular weight is 247 g/mol. The summed E-state index contributed by atoms with van der Waals surface area (Å²) < 4.78 is 5.25. The van der Waals surface area contributed by atoms with Crippen molar-refractivity contribution in [1.29, 1.82) is 0 Å². The van der Waals surface area contributed by atoms with Gasteiger partial charge in [0.25, 0.3) is 0 Å². The second kappa shape index (κ2) is 5.85. The Kier molecular flexibility index (Phi) is 4.41. The average Bonchev–Trinajstić information content (AvgIpc) is 2.68. The maximum atomic E-state index is 5.25. The first kappa shape index (κ1) is 13.6. The zero-order valence-corrected chi connectivity index (χ0v) is 11.8. The van der Waals surface area contributed by atoms with E-state index in [-0.39, 0.29) is 0 Å². The highest BCUT2D eigenvalue weighted by Gasteiger charge is 2.33. The van der Waals surface area contributed by atoms with Gasteiger partial charge in [-0.2, -0.15) is 0 Å². The summed E-state index contributed by atoms with van der Waals surface area (Å²) in [5.74, 6) is 0. The summed E-state index contributed by atoms with van der Waals surface area (Å²) in [7, 11) is 1.75. The van der Waals surface area contributed by atoms with Gasteiger partial charge in [-0.15, -0.1) is 0 Å². The molecule has 0 amide bonds. The summed E-state index contributed by atoms with van der Waals surface area (Å²) in [6, 6.07) is 9.19. The lowest BCUT2D eigenvalue weighted by molar-refractivity contribution is 0.183. The van der Waals surface area contributed by atoms with Crippen molar-refractivity contribution in [3.8, 4) is 0 Å². The van der Waals surface area contributed by atoms with Gasteiger partial charge in [-0.1, -0.05) is 44.5 Å². The monoisotopic (exact) mass is 247 g/mol. The second-order valence-electron chi connectivity index (χ2n) is 6.02. The van der Waals surface area contributed by atoms with Crippen LogP contribution in [0.15, 0.2) is 24.3 Å². The van der Waals surface area contributed by atoms with Crippen LogP contribution in [-0.4, -0.2) is 13.2 Å². The first-order valence-corrected chi connectivity index (χ1v) is 6.92. The van der Waals surface area contributed by atoms with Gasteiger partial charge in [0.05, 0.1) is 6.61 Å². The molecule has 1 fully saturated rings. The number of rotatable bonds is 5. The van der Waals surface area contributed by atoms with Crippen molar-refractivity contribution < 1.29 is 4.74 Å². The normalized spacial score (nSPS) is 22.3. The summed E-state index contributed by atoms with van der Waals surface area (Å²) in [5, 5.41) is 3.73. The quantitative estimate of drug-likeness (QED) is 0.860. The highest BCUT2D eigenvalue weighted by molar-refractivity contribution is 5.26. The Bertz CT molecular complexity index is 386. The molecule has 1 N–H and O–H groups in total. The van der Waals surface area contributed by atoms with E-state index in [9.17, 15) is 0 Å². The molecule has 0 aromatic heterocycles. The Morgan fingerprint density at radius 2 is 2.00 bits per heavy atom. The zero-order valence-electron chi connectivity index (χ0n) is 11.8. The Morgan fingerprint density at radius 1 is 1.28 bits per heavy atom. The fourth-order valence-corrected chi connectivity index (χ4v) is 2.96. The summed E-state index contributed by atoms with van der Waals surface area (Å²) >= 11 is 0. The minimum atomic E-state index is 0.441. The van der Waals surface area contributed by atoms with Crippen LogP contribution < -0.4 is 5.32 Å². The van der Waals surface area contributed by atoms with Crippen LogP contribution >= 0.6 is 0 Å². The van der Waals surface area contributed by atoms with Gasteiger partial charge in [0.2, 0.25) is 0 Å². The van der Waals surface area contributed by atoms with Crippen LogP contribution in [0.3, 0.4) is 0 Å². The van der Waals surface area contributed by atoms with Crippen LogP contribution in [0.5, 0.6) is 0 Å². The molecule has 0 spiro atoms. The predicted molar refractivity (Wildman–Crippen MR) is 75.4 cm³/mol. The SMILES string of the molecule is COCc1ccccc1CNC1CCCC1(C)C. The van der Waals surface area contributed by atoms with Crippen molar-refractivity contribution >= 4 is 0 Å². The highest BCUT2D eigenvalue weighted by Crippen LogP contribution is 2.37. The second-order valence-corrected chi connectivity index (χ2v) is 6.02. The number of nitrogens with one attached hydrogen (secondary N) is 1. The van der Waals surface area contributed by atoms with E-state index in [1.807, 2.05) is 0 Å². The van der Waals surface area contributed by atoms with Crippen LogP contribution in [0, 0.1) is 5.41 Å². The van der Waals surface area contributed by atoms with Crippen LogP contribution in [0.25, 0.3) is 0 Å². The Hall–Kier alpha value is -0.860. The molecule has 1 aliphatic rings. The van der Waals surface area contributed by atoms with Gasteiger partial charge in [-0.05, 0) is 29.4 Å². The Balaban J connectivity index is 1.97. The summed E-state index contributed by atoms with van der Waals surface area (Å²) in [4.78, 5) is 0. The lowest BCUT2D eigenvalue weighted by Crippen LogP contribution is -2.37. The van der Waals surface area contributed by atoms with Crippen molar-refractivity contribution in [2.45, 2.75) is 52.3 Å². The molecule has 1 aliphatic carbocycles. The fraction of sp³-hybridized carbons (Fsp3) is 0.625. The molecule has 1 unspecified atom stereocenters. The molecular weight excluding hydrogens is 222 g/mol. The molecule has 0 saturated heterocycles. The molecule has 1 saturated carbocycles. The largest absolute Gasteiger partial charge is 0.380 e. The molecule has 1 aromatic carbocycles. The van der Waals surface area contributed by atoms with E-state index < -0.39 is 0 Å². The van der Waals surface area contributed by atoms with Crippen LogP contribution in [-0.2, 0) is 17.9 Å². The van der Waals surface area contributed by atoms with Crippen molar-refractivity contribution in [2.75, 3.05) is 7.11 Å². The lowest BCUT2D eigenvalue weighted by Gasteiger charge is -2.28. The first-order chi connectivity index (χ1) is 8.63. The molecule has 2 nitrogen and oxygen atoms in total. The fourth-order valence-electron chi connectivity index (χ4n) is 2.96. The molecule has 0 aliphatic heterocycles. The first-order valence-electron chi connectivity index (χ1n) is 6.92.